The van der Waals surface area contributed by atoms with Crippen LogP contribution in [-0.4, -0.2) is 42.9 Å². The molecule has 104 valence electrons. The van der Waals surface area contributed by atoms with Crippen molar-refractivity contribution in [3.63, 3.8) is 0 Å². The first-order valence-corrected chi connectivity index (χ1v) is 5.47. The average Bonchev–Trinajstić information content (AvgIpc) is 2.36. The fraction of sp³-hybridized carbons (Fsp3) is 0.455. The Morgan fingerprint density at radius 1 is 1.47 bits per heavy atom. The number of allylic oxidation sites excluding steroid dienone is 3. The van der Waals surface area contributed by atoms with E-state index in [1.54, 1.807) is 0 Å². The topological polar surface area (TPSA) is 102 Å². The molecule has 0 spiro atoms. The molecule has 6 nitrogen and oxygen atoms in total. The quantitative estimate of drug-likeness (QED) is 0.593. The van der Waals surface area contributed by atoms with Crippen LogP contribution in [-0.2, 0) is 14.3 Å². The number of carbonyl (C=O) groups is 2. The monoisotopic (exact) mass is 274 g/mol. The zero-order valence-corrected chi connectivity index (χ0v) is 9.94. The summed E-state index contributed by atoms with van der Waals surface area (Å²) in [4.78, 5) is 22.9. The molecule has 19 heavy (non-hydrogen) atoms. The highest BCUT2D eigenvalue weighted by Crippen LogP contribution is 2.35. The van der Waals surface area contributed by atoms with Gasteiger partial charge in [0.2, 0.25) is 0 Å². The third-order valence-electron chi connectivity index (χ3n) is 3.15. The Balaban J connectivity index is 2.55. The van der Waals surface area contributed by atoms with Crippen molar-refractivity contribution in [2.75, 3.05) is 13.7 Å². The number of carbonyl (C=O) groups excluding carboxylic acids is 1. The minimum atomic E-state index is -2.23. The summed E-state index contributed by atoms with van der Waals surface area (Å²) >= 11 is 0. The largest absolute Gasteiger partial charge is 0.496 e. The lowest BCUT2D eigenvalue weighted by atomic mass is 9.84. The molecule has 0 bridgehead atoms. The summed E-state index contributed by atoms with van der Waals surface area (Å²) in [5, 5.41) is 11.5. The van der Waals surface area contributed by atoms with Crippen molar-refractivity contribution in [1.82, 2.24) is 5.32 Å². The first-order valence-electron chi connectivity index (χ1n) is 5.47. The number of nitrogens with two attached hydrogens (primary N) is 1. The summed E-state index contributed by atoms with van der Waals surface area (Å²) < 4.78 is 32.1. The van der Waals surface area contributed by atoms with Gasteiger partial charge in [-0.2, -0.15) is 0 Å². The molecule has 0 radical (unpaired) electrons. The molecule has 0 amide bonds. The fourth-order valence-electron chi connectivity index (χ4n) is 2.16. The molecule has 1 saturated heterocycles. The maximum atomic E-state index is 13.7. The number of piperidine rings is 1. The maximum absolute atomic E-state index is 13.7. The molecule has 2 rings (SSSR count). The molecule has 8 heteroatoms. The second kappa shape index (κ2) is 4.52. The van der Waals surface area contributed by atoms with Crippen molar-refractivity contribution in [2.24, 2.45) is 11.7 Å². The summed E-state index contributed by atoms with van der Waals surface area (Å²) in [6.45, 7) is -0.225. The van der Waals surface area contributed by atoms with Crippen molar-refractivity contribution in [3.8, 4) is 0 Å². The predicted octanol–water partition coefficient (Wildman–Crippen LogP) is -0.380. The highest BCUT2D eigenvalue weighted by Gasteiger charge is 2.45. The van der Waals surface area contributed by atoms with E-state index >= 15 is 0 Å². The van der Waals surface area contributed by atoms with Gasteiger partial charge < -0.3 is 20.9 Å². The SMILES string of the molecule is COC1=C2NCC(C(=O)O)C(=O)C2=C(N)C(F)C1F. The normalized spacial score (nSPS) is 30.9. The number of hydrogen-bond acceptors (Lipinski definition) is 5. The number of methoxy groups -OCH3 is 1. The predicted molar refractivity (Wildman–Crippen MR) is 59.2 cm³/mol. The molecule has 1 fully saturated rings. The van der Waals surface area contributed by atoms with Crippen LogP contribution in [0.15, 0.2) is 22.7 Å². The summed E-state index contributed by atoms with van der Waals surface area (Å²) in [5.74, 6) is -3.95. The van der Waals surface area contributed by atoms with E-state index in [4.69, 9.17) is 15.6 Å². The van der Waals surface area contributed by atoms with Crippen LogP contribution < -0.4 is 11.1 Å². The number of carboxylic acid groups (broad SMARTS) is 1. The Labute approximate surface area is 106 Å². The van der Waals surface area contributed by atoms with Gasteiger partial charge in [0, 0.05) is 6.54 Å². The Morgan fingerprint density at radius 3 is 2.63 bits per heavy atom. The summed E-state index contributed by atoms with van der Waals surface area (Å²) in [7, 11) is 1.14. The van der Waals surface area contributed by atoms with Crippen molar-refractivity contribution in [2.45, 2.75) is 12.3 Å². The van der Waals surface area contributed by atoms with Gasteiger partial charge in [-0.3, -0.25) is 9.59 Å². The van der Waals surface area contributed by atoms with E-state index in [0.29, 0.717) is 0 Å². The maximum Gasteiger partial charge on any atom is 0.316 e. The van der Waals surface area contributed by atoms with Crippen LogP contribution in [0.3, 0.4) is 0 Å². The van der Waals surface area contributed by atoms with Gasteiger partial charge in [-0.1, -0.05) is 0 Å². The number of rotatable bonds is 2. The smallest absolute Gasteiger partial charge is 0.316 e. The highest BCUT2D eigenvalue weighted by atomic mass is 19.2. The van der Waals surface area contributed by atoms with E-state index in [2.05, 4.69) is 5.32 Å². The number of hydrogen-bond donors (Lipinski definition) is 3. The van der Waals surface area contributed by atoms with E-state index in [0.717, 1.165) is 7.11 Å². The number of ketones is 1. The molecule has 0 aromatic carbocycles. The van der Waals surface area contributed by atoms with E-state index in [-0.39, 0.29) is 23.6 Å². The zero-order chi connectivity index (χ0) is 14.3. The number of Topliss-reactive ketones (excluding diaryl/α,β-unsaturated/α-hetero) is 1. The second-order valence-electron chi connectivity index (χ2n) is 4.21. The van der Waals surface area contributed by atoms with Gasteiger partial charge in [0.25, 0.3) is 0 Å². The van der Waals surface area contributed by atoms with Crippen LogP contribution in [0.4, 0.5) is 8.78 Å². The lowest BCUT2D eigenvalue weighted by Gasteiger charge is -2.33. The molecule has 1 heterocycles. The van der Waals surface area contributed by atoms with Crippen LogP contribution >= 0.6 is 0 Å². The number of halogens is 2. The Kier molecular flexibility index (Phi) is 3.17. The third-order valence-corrected chi connectivity index (χ3v) is 3.15. The van der Waals surface area contributed by atoms with Crippen LogP contribution in [0, 0.1) is 5.92 Å². The van der Waals surface area contributed by atoms with Gasteiger partial charge in [-0.25, -0.2) is 8.78 Å². The number of fused-ring (bicyclic) bond motifs is 1. The molecule has 1 aliphatic heterocycles. The van der Waals surface area contributed by atoms with Crippen LogP contribution in [0.5, 0.6) is 0 Å². The third kappa shape index (κ3) is 1.83. The number of nitrogens with one attached hydrogen (secondary N) is 1. The van der Waals surface area contributed by atoms with Crippen molar-refractivity contribution >= 4 is 11.8 Å². The van der Waals surface area contributed by atoms with E-state index in [1.807, 2.05) is 0 Å². The molecule has 2 aliphatic rings. The first-order chi connectivity index (χ1) is 8.90. The van der Waals surface area contributed by atoms with E-state index in [1.165, 1.54) is 0 Å². The van der Waals surface area contributed by atoms with E-state index < -0.39 is 35.7 Å². The van der Waals surface area contributed by atoms with Gasteiger partial charge in [-0.15, -0.1) is 0 Å². The van der Waals surface area contributed by atoms with Gasteiger partial charge in [-0.05, 0) is 0 Å². The Morgan fingerprint density at radius 2 is 2.11 bits per heavy atom. The van der Waals surface area contributed by atoms with Gasteiger partial charge >= 0.3 is 5.97 Å². The molecule has 3 unspecified atom stereocenters. The van der Waals surface area contributed by atoms with E-state index in [9.17, 15) is 18.4 Å². The van der Waals surface area contributed by atoms with Crippen molar-refractivity contribution in [1.29, 1.82) is 0 Å². The van der Waals surface area contributed by atoms with Crippen LogP contribution in [0.25, 0.3) is 0 Å². The minimum absolute atomic E-state index is 0.0658. The van der Waals surface area contributed by atoms with Crippen molar-refractivity contribution in [3.05, 3.63) is 22.7 Å². The molecule has 0 aromatic rings. The number of carboxylic acids is 1. The zero-order valence-electron chi connectivity index (χ0n) is 9.94. The molecule has 4 N–H and O–H groups in total. The molecular formula is C11H12F2N2O4. The van der Waals surface area contributed by atoms with Gasteiger partial charge in [0.1, 0.15) is 5.92 Å². The van der Waals surface area contributed by atoms with Crippen LogP contribution in [0.1, 0.15) is 0 Å². The standard InChI is InChI=1S/C11H12F2N2O4/c1-19-10-6(13)5(12)7(14)4-8(10)15-2-3(9(4)16)11(17)18/h3,5-6,15H,2,14H2,1H3,(H,17,18). The average molecular weight is 274 g/mol. The molecule has 3 atom stereocenters. The number of ether oxygens (including phenoxy) is 1. The first kappa shape index (κ1) is 13.3. The molecule has 1 aliphatic carbocycles. The fourth-order valence-corrected chi connectivity index (χ4v) is 2.16. The molecule has 0 aromatic heterocycles. The Hall–Kier alpha value is -2.12. The lowest BCUT2D eigenvalue weighted by Crippen LogP contribution is -2.48. The minimum Gasteiger partial charge on any atom is -0.496 e. The van der Waals surface area contributed by atoms with Gasteiger partial charge in [0.15, 0.2) is 23.9 Å². The lowest BCUT2D eigenvalue weighted by molar-refractivity contribution is -0.145. The molecule has 0 saturated carbocycles. The van der Waals surface area contributed by atoms with Crippen LogP contribution in [0.2, 0.25) is 0 Å². The Bertz CT molecular complexity index is 515. The van der Waals surface area contributed by atoms with Gasteiger partial charge in [0.05, 0.1) is 24.1 Å². The number of alkyl halides is 2. The number of aliphatic carboxylic acids is 1. The summed E-state index contributed by atoms with van der Waals surface area (Å²) in [5.41, 5.74) is 4.41. The second-order valence-corrected chi connectivity index (χ2v) is 4.21. The highest BCUT2D eigenvalue weighted by molar-refractivity contribution is 6.12. The summed E-state index contributed by atoms with van der Waals surface area (Å²) in [6, 6.07) is 0. The summed E-state index contributed by atoms with van der Waals surface area (Å²) in [6.07, 6.45) is -4.35. The van der Waals surface area contributed by atoms with Crippen molar-refractivity contribution < 1.29 is 28.2 Å². The molecular weight excluding hydrogens is 262 g/mol.